The van der Waals surface area contributed by atoms with Crippen LogP contribution in [0.2, 0.25) is 0 Å². The molecule has 0 aliphatic heterocycles. The fraction of sp³-hybridized carbons (Fsp3) is 0.556. The molecule has 1 N–H and O–H groups in total. The number of nitrogens with one attached hydrogen (secondary N) is 1. The van der Waals surface area contributed by atoms with Crippen molar-refractivity contribution in [1.29, 1.82) is 0 Å². The van der Waals surface area contributed by atoms with Crippen LogP contribution in [0.1, 0.15) is 20.3 Å². The zero-order valence-electron chi connectivity index (χ0n) is 9.43. The summed E-state index contributed by atoms with van der Waals surface area (Å²) in [7, 11) is 1.56. The van der Waals surface area contributed by atoms with Gasteiger partial charge in [0.25, 0.3) is 5.88 Å². The molecule has 7 nitrogen and oxygen atoms in total. The van der Waals surface area contributed by atoms with E-state index in [4.69, 9.17) is 4.74 Å². The number of ether oxygens (including phenoxy) is 1. The molecular weight excluding hydrogens is 212 g/mol. The van der Waals surface area contributed by atoms with E-state index in [1.54, 1.807) is 7.05 Å². The first kappa shape index (κ1) is 12.2. The average Bonchev–Trinajstić information content (AvgIpc) is 2.28. The van der Waals surface area contributed by atoms with Gasteiger partial charge in [-0.15, -0.1) is 0 Å². The van der Waals surface area contributed by atoms with E-state index in [-0.39, 0.29) is 23.5 Å². The molecule has 1 aromatic heterocycles. The Hall–Kier alpha value is -1.92. The maximum Gasteiger partial charge on any atom is 0.372 e. The van der Waals surface area contributed by atoms with Gasteiger partial charge < -0.3 is 10.1 Å². The Kier molecular flexibility index (Phi) is 3.98. The average molecular weight is 226 g/mol. The van der Waals surface area contributed by atoms with Gasteiger partial charge in [-0.2, -0.15) is 4.98 Å². The molecule has 0 aromatic carbocycles. The number of hydrogen-bond acceptors (Lipinski definition) is 6. The van der Waals surface area contributed by atoms with Crippen molar-refractivity contribution in [3.63, 3.8) is 0 Å². The highest BCUT2D eigenvalue weighted by molar-refractivity contribution is 5.60. The van der Waals surface area contributed by atoms with Gasteiger partial charge in [0.05, 0.1) is 11.0 Å². The Morgan fingerprint density at radius 1 is 1.62 bits per heavy atom. The second kappa shape index (κ2) is 5.24. The van der Waals surface area contributed by atoms with E-state index in [2.05, 4.69) is 15.3 Å². The molecule has 1 atom stereocenters. The minimum Gasteiger partial charge on any atom is -0.470 e. The van der Waals surface area contributed by atoms with Crippen LogP contribution < -0.4 is 10.1 Å². The maximum atomic E-state index is 10.9. The molecule has 1 rings (SSSR count). The minimum absolute atomic E-state index is 0.00120. The predicted octanol–water partition coefficient (Wildman–Crippen LogP) is 1.60. The lowest BCUT2D eigenvalue weighted by atomic mass is 10.3. The van der Waals surface area contributed by atoms with E-state index < -0.39 is 4.92 Å². The van der Waals surface area contributed by atoms with Crippen molar-refractivity contribution in [2.45, 2.75) is 26.4 Å². The third kappa shape index (κ3) is 2.56. The fourth-order valence-electron chi connectivity index (χ4n) is 1.07. The molecule has 0 spiro atoms. The Bertz CT molecular complexity index is 383. The van der Waals surface area contributed by atoms with Crippen molar-refractivity contribution in [2.75, 3.05) is 12.4 Å². The molecule has 88 valence electrons. The van der Waals surface area contributed by atoms with Crippen LogP contribution in [-0.4, -0.2) is 28.0 Å². The molecule has 0 radical (unpaired) electrons. The van der Waals surface area contributed by atoms with Crippen molar-refractivity contribution in [3.05, 3.63) is 16.4 Å². The number of nitrogens with zero attached hydrogens (tertiary/aromatic N) is 3. The molecule has 1 unspecified atom stereocenters. The summed E-state index contributed by atoms with van der Waals surface area (Å²) in [6.07, 6.45) is 1.85. The molecule has 16 heavy (non-hydrogen) atoms. The molecule has 0 amide bonds. The van der Waals surface area contributed by atoms with E-state index >= 15 is 0 Å². The van der Waals surface area contributed by atoms with Gasteiger partial charge in [0.15, 0.2) is 0 Å². The van der Waals surface area contributed by atoms with Crippen LogP contribution in [0.4, 0.5) is 11.5 Å². The zero-order valence-corrected chi connectivity index (χ0v) is 9.43. The molecule has 7 heteroatoms. The van der Waals surface area contributed by atoms with Crippen molar-refractivity contribution in [3.8, 4) is 5.88 Å². The third-order valence-corrected chi connectivity index (χ3v) is 2.10. The molecule has 0 aliphatic rings. The summed E-state index contributed by atoms with van der Waals surface area (Å²) in [5.74, 6) is 0.150. The molecule has 0 bridgehead atoms. The zero-order chi connectivity index (χ0) is 12.1. The first-order valence-electron chi connectivity index (χ1n) is 4.93. The van der Waals surface area contributed by atoms with E-state index in [1.807, 2.05) is 13.8 Å². The number of anilines is 1. The molecule has 1 heterocycles. The van der Waals surface area contributed by atoms with E-state index in [0.717, 1.165) is 6.42 Å². The van der Waals surface area contributed by atoms with Crippen LogP contribution in [0.15, 0.2) is 6.33 Å². The molecule has 0 aliphatic carbocycles. The van der Waals surface area contributed by atoms with Crippen LogP contribution in [-0.2, 0) is 0 Å². The first-order chi connectivity index (χ1) is 7.60. The van der Waals surface area contributed by atoms with Crippen molar-refractivity contribution in [2.24, 2.45) is 0 Å². The number of aromatic nitrogens is 2. The monoisotopic (exact) mass is 226 g/mol. The third-order valence-electron chi connectivity index (χ3n) is 2.10. The largest absolute Gasteiger partial charge is 0.470 e. The Labute approximate surface area is 93.0 Å². The number of rotatable bonds is 5. The van der Waals surface area contributed by atoms with Gasteiger partial charge >= 0.3 is 5.69 Å². The minimum atomic E-state index is -0.552. The van der Waals surface area contributed by atoms with Gasteiger partial charge in [0.1, 0.15) is 6.33 Å². The van der Waals surface area contributed by atoms with Crippen LogP contribution in [0, 0.1) is 10.1 Å². The molecule has 0 saturated heterocycles. The van der Waals surface area contributed by atoms with Crippen molar-refractivity contribution in [1.82, 2.24) is 9.97 Å². The smallest absolute Gasteiger partial charge is 0.372 e. The van der Waals surface area contributed by atoms with Crippen molar-refractivity contribution >= 4 is 11.5 Å². The SMILES string of the molecule is CCC(C)Oc1ncnc(NC)c1[N+](=O)[O-]. The number of nitro groups is 1. The molecular formula is C9H14N4O3. The van der Waals surface area contributed by atoms with Gasteiger partial charge in [-0.3, -0.25) is 10.1 Å². The van der Waals surface area contributed by atoms with Gasteiger partial charge in [-0.1, -0.05) is 6.92 Å². The van der Waals surface area contributed by atoms with Crippen LogP contribution in [0.25, 0.3) is 0 Å². The first-order valence-corrected chi connectivity index (χ1v) is 4.93. The standard InChI is InChI=1S/C9H14N4O3/c1-4-6(2)16-9-7(13(14)15)8(10-3)11-5-12-9/h5-6H,4H2,1-3H3,(H,10,11,12). The summed E-state index contributed by atoms with van der Waals surface area (Å²) in [5.41, 5.74) is -0.231. The summed E-state index contributed by atoms with van der Waals surface area (Å²) >= 11 is 0. The molecule has 0 saturated carbocycles. The summed E-state index contributed by atoms with van der Waals surface area (Å²) < 4.78 is 5.37. The summed E-state index contributed by atoms with van der Waals surface area (Å²) in [5, 5.41) is 13.5. The topological polar surface area (TPSA) is 90.2 Å². The quantitative estimate of drug-likeness (QED) is 0.605. The predicted molar refractivity (Wildman–Crippen MR) is 58.6 cm³/mol. The van der Waals surface area contributed by atoms with Gasteiger partial charge in [0, 0.05) is 7.05 Å². The van der Waals surface area contributed by atoms with E-state index in [9.17, 15) is 10.1 Å². The summed E-state index contributed by atoms with van der Waals surface area (Å²) in [6, 6.07) is 0. The normalized spacial score (nSPS) is 11.9. The summed E-state index contributed by atoms with van der Waals surface area (Å²) in [6.45, 7) is 3.75. The highest BCUT2D eigenvalue weighted by atomic mass is 16.6. The highest BCUT2D eigenvalue weighted by Gasteiger charge is 2.24. The molecule has 1 aromatic rings. The van der Waals surface area contributed by atoms with Crippen LogP contribution in [0.5, 0.6) is 5.88 Å². The second-order valence-electron chi connectivity index (χ2n) is 3.22. The molecule has 0 fully saturated rings. The summed E-state index contributed by atoms with van der Waals surface area (Å²) in [4.78, 5) is 17.9. The van der Waals surface area contributed by atoms with Crippen LogP contribution >= 0.6 is 0 Å². The fourth-order valence-corrected chi connectivity index (χ4v) is 1.07. The Morgan fingerprint density at radius 3 is 2.81 bits per heavy atom. The van der Waals surface area contributed by atoms with E-state index in [0.29, 0.717) is 0 Å². The number of hydrogen-bond donors (Lipinski definition) is 1. The van der Waals surface area contributed by atoms with Crippen LogP contribution in [0.3, 0.4) is 0 Å². The lowest BCUT2D eigenvalue weighted by molar-refractivity contribution is -0.385. The second-order valence-corrected chi connectivity index (χ2v) is 3.22. The van der Waals surface area contributed by atoms with Gasteiger partial charge in [-0.25, -0.2) is 4.98 Å². The Balaban J connectivity index is 3.12. The van der Waals surface area contributed by atoms with Gasteiger partial charge in [-0.05, 0) is 13.3 Å². The van der Waals surface area contributed by atoms with Gasteiger partial charge in [0.2, 0.25) is 5.82 Å². The van der Waals surface area contributed by atoms with E-state index in [1.165, 1.54) is 6.33 Å². The lowest BCUT2D eigenvalue weighted by Gasteiger charge is -2.12. The Morgan fingerprint density at radius 2 is 2.31 bits per heavy atom. The maximum absolute atomic E-state index is 10.9. The van der Waals surface area contributed by atoms with Crippen molar-refractivity contribution < 1.29 is 9.66 Å². The lowest BCUT2D eigenvalue weighted by Crippen LogP contribution is -2.13. The highest BCUT2D eigenvalue weighted by Crippen LogP contribution is 2.31.